The van der Waals surface area contributed by atoms with Crippen LogP contribution in [0.3, 0.4) is 0 Å². The molecule has 1 aliphatic heterocycles. The topological polar surface area (TPSA) is 83.8 Å². The quantitative estimate of drug-likeness (QED) is 0.511. The van der Waals surface area contributed by atoms with E-state index in [1.165, 1.54) is 29.8 Å². The van der Waals surface area contributed by atoms with Gasteiger partial charge in [-0.05, 0) is 43.4 Å². The predicted octanol–water partition coefficient (Wildman–Crippen LogP) is 3.41. The molecule has 29 heavy (non-hydrogen) atoms. The number of sulfonamides is 1. The van der Waals surface area contributed by atoms with E-state index in [1.54, 1.807) is 4.31 Å². The Kier molecular flexibility index (Phi) is 5.67. The van der Waals surface area contributed by atoms with Crippen LogP contribution in [-0.2, 0) is 16.6 Å². The van der Waals surface area contributed by atoms with Gasteiger partial charge >= 0.3 is 0 Å². The summed E-state index contributed by atoms with van der Waals surface area (Å²) in [5.74, 6) is 0. The van der Waals surface area contributed by atoms with E-state index in [4.69, 9.17) is 0 Å². The summed E-state index contributed by atoms with van der Waals surface area (Å²) in [5.41, 5.74) is 1.17. The van der Waals surface area contributed by atoms with Crippen molar-refractivity contribution in [1.82, 2.24) is 9.21 Å². The standard InChI is InChI=1S/C21H25N3O4S/c25-24(26)20-8-10-21(11-9-20)29(27,28)23(18-6-7-18)19-12-14-22(15-13-19)16-17-4-2-1-3-5-17/h1-5,8-11,18-19H,6-7,12-16H2. The van der Waals surface area contributed by atoms with Crippen LogP contribution < -0.4 is 0 Å². The Morgan fingerprint density at radius 2 is 1.52 bits per heavy atom. The summed E-state index contributed by atoms with van der Waals surface area (Å²) in [4.78, 5) is 12.9. The average Bonchev–Trinajstić information content (AvgIpc) is 3.55. The second-order valence-corrected chi connectivity index (χ2v) is 9.65. The van der Waals surface area contributed by atoms with Gasteiger partial charge in [0.15, 0.2) is 0 Å². The molecular formula is C21H25N3O4S. The van der Waals surface area contributed by atoms with Gasteiger partial charge in [0.1, 0.15) is 0 Å². The molecule has 0 amide bonds. The number of hydrogen-bond acceptors (Lipinski definition) is 5. The highest BCUT2D eigenvalue weighted by Crippen LogP contribution is 2.37. The molecule has 2 aromatic carbocycles. The van der Waals surface area contributed by atoms with Crippen molar-refractivity contribution in [3.8, 4) is 0 Å². The number of non-ortho nitro benzene ring substituents is 1. The zero-order chi connectivity index (χ0) is 20.4. The maximum atomic E-state index is 13.3. The second kappa shape index (κ2) is 8.22. The molecule has 0 aromatic heterocycles. The molecular weight excluding hydrogens is 390 g/mol. The van der Waals surface area contributed by atoms with Crippen molar-refractivity contribution in [3.63, 3.8) is 0 Å². The van der Waals surface area contributed by atoms with E-state index >= 15 is 0 Å². The maximum absolute atomic E-state index is 13.3. The van der Waals surface area contributed by atoms with Crippen molar-refractivity contribution >= 4 is 15.7 Å². The molecule has 8 heteroatoms. The smallest absolute Gasteiger partial charge is 0.269 e. The Balaban J connectivity index is 1.46. The Morgan fingerprint density at radius 1 is 0.931 bits per heavy atom. The third-order valence-corrected chi connectivity index (χ3v) is 7.71. The van der Waals surface area contributed by atoms with Crippen LogP contribution >= 0.6 is 0 Å². The van der Waals surface area contributed by atoms with Gasteiger partial charge in [0.2, 0.25) is 10.0 Å². The second-order valence-electron chi connectivity index (χ2n) is 7.81. The molecule has 2 aliphatic rings. The first-order chi connectivity index (χ1) is 13.9. The molecule has 154 valence electrons. The van der Waals surface area contributed by atoms with Gasteiger partial charge in [0.25, 0.3) is 5.69 Å². The summed E-state index contributed by atoms with van der Waals surface area (Å²) in [6.45, 7) is 2.60. The van der Waals surface area contributed by atoms with Gasteiger partial charge < -0.3 is 0 Å². The fourth-order valence-electron chi connectivity index (χ4n) is 4.05. The number of rotatable bonds is 7. The van der Waals surface area contributed by atoms with E-state index in [0.717, 1.165) is 45.3 Å². The van der Waals surface area contributed by atoms with Gasteiger partial charge in [-0.15, -0.1) is 0 Å². The molecule has 1 saturated carbocycles. The molecule has 1 saturated heterocycles. The van der Waals surface area contributed by atoms with Crippen LogP contribution in [0, 0.1) is 10.1 Å². The van der Waals surface area contributed by atoms with Crippen LogP contribution in [0.2, 0.25) is 0 Å². The Bertz CT molecular complexity index is 951. The Hall–Kier alpha value is -2.29. The van der Waals surface area contributed by atoms with Gasteiger partial charge in [0, 0.05) is 43.9 Å². The molecule has 0 unspecified atom stereocenters. The summed E-state index contributed by atoms with van der Waals surface area (Å²) in [6, 6.07) is 15.6. The van der Waals surface area contributed by atoms with Crippen molar-refractivity contribution in [2.45, 2.75) is 49.2 Å². The fourth-order valence-corrected chi connectivity index (χ4v) is 5.98. The van der Waals surface area contributed by atoms with Crippen molar-refractivity contribution in [2.75, 3.05) is 13.1 Å². The molecule has 0 atom stereocenters. The zero-order valence-electron chi connectivity index (χ0n) is 16.2. The first-order valence-electron chi connectivity index (χ1n) is 9.99. The van der Waals surface area contributed by atoms with Crippen molar-refractivity contribution in [3.05, 3.63) is 70.3 Å². The highest BCUT2D eigenvalue weighted by Gasteiger charge is 2.43. The minimum absolute atomic E-state index is 0.0188. The van der Waals surface area contributed by atoms with Gasteiger partial charge in [-0.25, -0.2) is 8.42 Å². The van der Waals surface area contributed by atoms with Crippen LogP contribution in [-0.4, -0.2) is 47.7 Å². The van der Waals surface area contributed by atoms with Gasteiger partial charge in [-0.1, -0.05) is 30.3 Å². The van der Waals surface area contributed by atoms with E-state index in [1.807, 2.05) is 18.2 Å². The number of likely N-dealkylation sites (tertiary alicyclic amines) is 1. The summed E-state index contributed by atoms with van der Waals surface area (Å²) >= 11 is 0. The van der Waals surface area contributed by atoms with Gasteiger partial charge in [-0.2, -0.15) is 4.31 Å². The van der Waals surface area contributed by atoms with Gasteiger partial charge in [-0.3, -0.25) is 15.0 Å². The van der Waals surface area contributed by atoms with Crippen LogP contribution in [0.1, 0.15) is 31.2 Å². The average molecular weight is 416 g/mol. The normalized spacial score (nSPS) is 18.8. The lowest BCUT2D eigenvalue weighted by Crippen LogP contribution is -2.48. The highest BCUT2D eigenvalue weighted by molar-refractivity contribution is 7.89. The third kappa shape index (κ3) is 4.49. The van der Waals surface area contributed by atoms with Crippen molar-refractivity contribution in [2.24, 2.45) is 0 Å². The number of benzene rings is 2. The molecule has 0 radical (unpaired) electrons. The highest BCUT2D eigenvalue weighted by atomic mass is 32.2. The Labute approximate surface area is 171 Å². The minimum Gasteiger partial charge on any atom is -0.299 e. The van der Waals surface area contributed by atoms with Crippen LogP contribution in [0.4, 0.5) is 5.69 Å². The molecule has 2 fully saturated rings. The van der Waals surface area contributed by atoms with E-state index in [-0.39, 0.29) is 22.7 Å². The first kappa shape index (κ1) is 20.0. The lowest BCUT2D eigenvalue weighted by molar-refractivity contribution is -0.384. The van der Waals surface area contributed by atoms with Crippen LogP contribution in [0.25, 0.3) is 0 Å². The number of piperidine rings is 1. The van der Waals surface area contributed by atoms with Gasteiger partial charge in [0.05, 0.1) is 9.82 Å². The molecule has 0 N–H and O–H groups in total. The summed E-state index contributed by atoms with van der Waals surface area (Å²) < 4.78 is 28.3. The van der Waals surface area contributed by atoms with Crippen molar-refractivity contribution in [1.29, 1.82) is 0 Å². The molecule has 2 aromatic rings. The van der Waals surface area contributed by atoms with Crippen LogP contribution in [0.15, 0.2) is 59.5 Å². The molecule has 1 heterocycles. The zero-order valence-corrected chi connectivity index (χ0v) is 17.0. The number of nitrogens with zero attached hydrogens (tertiary/aromatic N) is 3. The summed E-state index contributed by atoms with van der Waals surface area (Å²) in [5, 5.41) is 10.9. The Morgan fingerprint density at radius 3 is 2.07 bits per heavy atom. The largest absolute Gasteiger partial charge is 0.299 e. The first-order valence-corrected chi connectivity index (χ1v) is 11.4. The molecule has 7 nitrogen and oxygen atoms in total. The summed E-state index contributed by atoms with van der Waals surface area (Å²) in [7, 11) is -3.66. The fraction of sp³-hybridized carbons (Fsp3) is 0.429. The van der Waals surface area contributed by atoms with Crippen LogP contribution in [0.5, 0.6) is 0 Å². The predicted molar refractivity (Wildman–Crippen MR) is 110 cm³/mol. The monoisotopic (exact) mass is 415 g/mol. The molecule has 1 aliphatic carbocycles. The van der Waals surface area contributed by atoms with Crippen molar-refractivity contribution < 1.29 is 13.3 Å². The minimum atomic E-state index is -3.66. The molecule has 0 spiro atoms. The van der Waals surface area contributed by atoms with E-state index in [0.29, 0.717) is 0 Å². The maximum Gasteiger partial charge on any atom is 0.269 e. The summed E-state index contributed by atoms with van der Waals surface area (Å²) in [6.07, 6.45) is 3.37. The lowest BCUT2D eigenvalue weighted by atomic mass is 10.0. The number of nitro benzene ring substituents is 1. The molecule has 4 rings (SSSR count). The van der Waals surface area contributed by atoms with E-state index in [9.17, 15) is 18.5 Å². The SMILES string of the molecule is O=[N+]([O-])c1ccc(S(=O)(=O)N(C2CC2)C2CCN(Cc3ccccc3)CC2)cc1. The van der Waals surface area contributed by atoms with E-state index in [2.05, 4.69) is 17.0 Å². The number of nitro groups is 1. The lowest BCUT2D eigenvalue weighted by Gasteiger charge is -2.38. The third-order valence-electron chi connectivity index (χ3n) is 5.70. The number of hydrogen-bond donors (Lipinski definition) is 0. The molecule has 0 bridgehead atoms. The van der Waals surface area contributed by atoms with E-state index < -0.39 is 14.9 Å².